The van der Waals surface area contributed by atoms with Gasteiger partial charge in [-0.25, -0.2) is 13.2 Å². The number of aromatic nitrogens is 1. The van der Waals surface area contributed by atoms with Gasteiger partial charge < -0.3 is 34.5 Å². The molecule has 1 aromatic carbocycles. The van der Waals surface area contributed by atoms with Crippen molar-refractivity contribution < 1.29 is 46.5 Å². The Hall–Kier alpha value is -4.15. The Kier molecular flexibility index (Phi) is 12.6. The SMILES string of the molecule is COCCOc1cc2c(Cl)cccc2c(O[C@@H]2C[C@H]3C(=O)N[C@]4(C(=O)NS(=O)(=O)C5(C)CC5)CC4/C=C\CC[C@@H](C)C[C@@H](C)[C@H](NC(=O)OC(C)(C)C)C(=O)N3C2)n1. The van der Waals surface area contributed by atoms with E-state index in [0.29, 0.717) is 48.1 Å². The van der Waals surface area contributed by atoms with Crippen molar-refractivity contribution in [2.45, 2.75) is 121 Å². The molecule has 2 aliphatic heterocycles. The summed E-state index contributed by atoms with van der Waals surface area (Å²) in [4.78, 5) is 62.7. The van der Waals surface area contributed by atoms with E-state index in [2.05, 4.69) is 27.3 Å². The first kappa shape index (κ1) is 43.4. The highest BCUT2D eigenvalue weighted by atomic mass is 35.5. The number of pyridine rings is 1. The third kappa shape index (κ3) is 9.65. The van der Waals surface area contributed by atoms with E-state index in [9.17, 15) is 27.6 Å². The number of benzene rings is 1. The van der Waals surface area contributed by atoms with Crippen molar-refractivity contribution in [2.24, 2.45) is 17.8 Å². The summed E-state index contributed by atoms with van der Waals surface area (Å²) in [5.41, 5.74) is -2.40. The maximum atomic E-state index is 14.9. The topological polar surface area (TPSA) is 192 Å². The fraction of sp³-hybridized carbons (Fsp3) is 0.634. The van der Waals surface area contributed by atoms with Gasteiger partial charge in [0.05, 0.1) is 17.9 Å². The number of carbonyl (C=O) groups is 4. The maximum absolute atomic E-state index is 14.9. The molecule has 2 saturated carbocycles. The molecule has 0 spiro atoms. The van der Waals surface area contributed by atoms with Gasteiger partial charge >= 0.3 is 6.09 Å². The van der Waals surface area contributed by atoms with Crippen LogP contribution in [0.2, 0.25) is 5.02 Å². The van der Waals surface area contributed by atoms with E-state index in [1.165, 1.54) is 4.90 Å². The minimum Gasteiger partial charge on any atom is -0.475 e. The standard InChI is InChI=1S/C41H56ClN5O10S/c1-24-11-8-9-12-26-22-41(26,37(50)46-58(52,53)40(6)15-16-40)45-34(48)31-20-27(23-47(31)36(49)33(25(2)19-24)44-38(51)57-39(3,4)5)56-35-28-13-10-14-30(42)29(28)21-32(43-35)55-18-17-54-7/h9-10,12-14,21,24-27,31,33H,8,11,15-20,22-23H2,1-7H3,(H,44,51)(H,45,48)(H,46,50)/b12-9-/t24-,25-,26?,27-,31+,33+,41-/m1/s1. The molecular weight excluding hydrogens is 790 g/mol. The molecule has 7 atom stereocenters. The van der Waals surface area contributed by atoms with Crippen LogP contribution in [-0.2, 0) is 33.9 Å². The lowest BCUT2D eigenvalue weighted by atomic mass is 9.88. The molecule has 318 valence electrons. The van der Waals surface area contributed by atoms with Crippen molar-refractivity contribution >= 4 is 56.2 Å². The third-order valence-electron chi connectivity index (χ3n) is 11.5. The lowest BCUT2D eigenvalue weighted by Crippen LogP contribution is -2.59. The van der Waals surface area contributed by atoms with Crippen LogP contribution in [0.3, 0.4) is 0 Å². The van der Waals surface area contributed by atoms with Crippen molar-refractivity contribution in [3.05, 3.63) is 41.4 Å². The molecule has 1 saturated heterocycles. The first-order valence-corrected chi connectivity index (χ1v) is 21.8. The van der Waals surface area contributed by atoms with E-state index >= 15 is 0 Å². The summed E-state index contributed by atoms with van der Waals surface area (Å²) in [5.74, 6) is -2.33. The summed E-state index contributed by atoms with van der Waals surface area (Å²) in [6.45, 7) is 11.1. The van der Waals surface area contributed by atoms with Gasteiger partial charge in [-0.3, -0.25) is 19.1 Å². The van der Waals surface area contributed by atoms with Crippen LogP contribution in [0.4, 0.5) is 4.79 Å². The second-order valence-electron chi connectivity index (χ2n) is 17.5. The van der Waals surface area contributed by atoms with Gasteiger partial charge in [-0.1, -0.05) is 43.7 Å². The minimum atomic E-state index is -4.02. The van der Waals surface area contributed by atoms with Crippen LogP contribution in [0.5, 0.6) is 11.8 Å². The monoisotopic (exact) mass is 845 g/mol. The Morgan fingerprint density at radius 3 is 2.53 bits per heavy atom. The number of nitrogens with zero attached hydrogens (tertiary/aromatic N) is 2. The van der Waals surface area contributed by atoms with Gasteiger partial charge in [0, 0.05) is 41.3 Å². The van der Waals surface area contributed by atoms with Crippen LogP contribution in [0.25, 0.3) is 10.8 Å². The Bertz CT molecular complexity index is 2050. The molecule has 3 fully saturated rings. The summed E-state index contributed by atoms with van der Waals surface area (Å²) in [5, 5.41) is 7.33. The fourth-order valence-electron chi connectivity index (χ4n) is 7.77. The molecule has 0 bridgehead atoms. The van der Waals surface area contributed by atoms with E-state index in [1.54, 1.807) is 59.1 Å². The number of hydrogen-bond donors (Lipinski definition) is 3. The first-order chi connectivity index (χ1) is 27.3. The van der Waals surface area contributed by atoms with Gasteiger partial charge in [0.1, 0.15) is 35.9 Å². The first-order valence-electron chi connectivity index (χ1n) is 20.0. The lowest BCUT2D eigenvalue weighted by molar-refractivity contribution is -0.142. The summed E-state index contributed by atoms with van der Waals surface area (Å²) in [6, 6.07) is 4.70. The van der Waals surface area contributed by atoms with Gasteiger partial charge in [-0.05, 0) is 90.2 Å². The van der Waals surface area contributed by atoms with E-state index in [1.807, 2.05) is 19.1 Å². The number of sulfonamides is 1. The number of nitrogens with one attached hydrogen (secondary N) is 3. The second-order valence-corrected chi connectivity index (χ2v) is 20.1. The van der Waals surface area contributed by atoms with Crippen molar-refractivity contribution in [1.82, 2.24) is 25.2 Å². The van der Waals surface area contributed by atoms with Gasteiger partial charge in [-0.15, -0.1) is 0 Å². The fourth-order valence-corrected chi connectivity index (χ4v) is 9.31. The summed E-state index contributed by atoms with van der Waals surface area (Å²) < 4.78 is 50.8. The van der Waals surface area contributed by atoms with Crippen LogP contribution >= 0.6 is 11.6 Å². The molecule has 3 N–H and O–H groups in total. The largest absolute Gasteiger partial charge is 0.475 e. The van der Waals surface area contributed by atoms with Gasteiger partial charge in [-0.2, -0.15) is 4.98 Å². The highest BCUT2D eigenvalue weighted by Gasteiger charge is 2.63. The molecule has 6 rings (SSSR count). The van der Waals surface area contributed by atoms with Gasteiger partial charge in [0.15, 0.2) is 0 Å². The zero-order valence-electron chi connectivity index (χ0n) is 34.3. The highest BCUT2D eigenvalue weighted by Crippen LogP contribution is 2.48. The number of halogens is 1. The summed E-state index contributed by atoms with van der Waals surface area (Å²) in [6.07, 6.45) is 5.22. The Morgan fingerprint density at radius 1 is 1.10 bits per heavy atom. The van der Waals surface area contributed by atoms with Crippen molar-refractivity contribution in [1.29, 1.82) is 0 Å². The predicted molar refractivity (Wildman–Crippen MR) is 217 cm³/mol. The number of methoxy groups -OCH3 is 1. The Labute approximate surface area is 345 Å². The van der Waals surface area contributed by atoms with Crippen molar-refractivity contribution in [3.8, 4) is 11.8 Å². The normalized spacial score (nSPS) is 29.1. The molecule has 17 heteroatoms. The van der Waals surface area contributed by atoms with Crippen molar-refractivity contribution in [3.63, 3.8) is 0 Å². The average Bonchev–Trinajstić information content (AvgIpc) is 4.02. The van der Waals surface area contributed by atoms with Crippen LogP contribution in [0.1, 0.15) is 86.5 Å². The summed E-state index contributed by atoms with van der Waals surface area (Å²) in [7, 11) is -2.47. The van der Waals surface area contributed by atoms with Crippen LogP contribution in [0.15, 0.2) is 36.4 Å². The average molecular weight is 846 g/mol. The van der Waals surface area contributed by atoms with Crippen LogP contribution in [0, 0.1) is 17.8 Å². The molecule has 15 nitrogen and oxygen atoms in total. The molecule has 1 aromatic heterocycles. The number of alkyl carbamates (subject to hydrolysis) is 1. The van der Waals surface area contributed by atoms with Gasteiger partial charge in [0.2, 0.25) is 33.6 Å². The van der Waals surface area contributed by atoms with Crippen LogP contribution < -0.4 is 24.8 Å². The molecule has 4 aliphatic rings. The lowest BCUT2D eigenvalue weighted by Gasteiger charge is -2.33. The minimum absolute atomic E-state index is 0.0193. The number of carbonyl (C=O) groups excluding carboxylic acids is 4. The highest BCUT2D eigenvalue weighted by molar-refractivity contribution is 7.91. The molecule has 2 aliphatic carbocycles. The van der Waals surface area contributed by atoms with Crippen molar-refractivity contribution in [2.75, 3.05) is 26.9 Å². The number of rotatable bonds is 10. The molecular formula is C41H56ClN5O10S. The maximum Gasteiger partial charge on any atom is 0.408 e. The smallest absolute Gasteiger partial charge is 0.408 e. The summed E-state index contributed by atoms with van der Waals surface area (Å²) >= 11 is 6.60. The second kappa shape index (κ2) is 16.8. The predicted octanol–water partition coefficient (Wildman–Crippen LogP) is 5.04. The molecule has 58 heavy (non-hydrogen) atoms. The van der Waals surface area contributed by atoms with Gasteiger partial charge in [0.25, 0.3) is 5.91 Å². The van der Waals surface area contributed by atoms with E-state index in [-0.39, 0.29) is 49.6 Å². The zero-order valence-corrected chi connectivity index (χ0v) is 35.8. The number of hydrogen-bond acceptors (Lipinski definition) is 11. The number of ether oxygens (including phenoxy) is 4. The van der Waals surface area contributed by atoms with Crippen LogP contribution in [-0.4, -0.2) is 103 Å². The van der Waals surface area contributed by atoms with E-state index in [4.69, 9.17) is 30.5 Å². The Balaban J connectivity index is 1.36. The molecule has 2 aromatic rings. The molecule has 0 radical (unpaired) electrons. The number of allylic oxidation sites excluding steroid dienone is 1. The van der Waals surface area contributed by atoms with E-state index in [0.717, 1.165) is 6.42 Å². The third-order valence-corrected chi connectivity index (χ3v) is 14.0. The molecule has 4 amide bonds. The number of amides is 4. The Morgan fingerprint density at radius 2 is 1.84 bits per heavy atom. The van der Waals surface area contributed by atoms with E-state index < -0.39 is 73.8 Å². The quantitative estimate of drug-likeness (QED) is 0.215. The number of fused-ring (bicyclic) bond motifs is 3. The molecule has 3 heterocycles. The zero-order chi connectivity index (χ0) is 42.2. The molecule has 1 unspecified atom stereocenters.